The van der Waals surface area contributed by atoms with Crippen molar-refractivity contribution in [2.24, 2.45) is 0 Å². The van der Waals surface area contributed by atoms with E-state index in [1.54, 1.807) is 31.9 Å². The summed E-state index contributed by atoms with van der Waals surface area (Å²) in [6.45, 7) is 4.19. The summed E-state index contributed by atoms with van der Waals surface area (Å²) < 4.78 is 26.6. The molecule has 1 fully saturated rings. The van der Waals surface area contributed by atoms with Gasteiger partial charge in [0.25, 0.3) is 0 Å². The molecular weight excluding hydrogens is 390 g/mol. The largest absolute Gasteiger partial charge is 0.304 e. The number of fused-ring (bicyclic) bond motifs is 2. The standard InChI is InChI=1S/C21H27N3O2S2/c1-22(2)28(25,26)17-8-9-20-16(14-17)15-19(24-12-10-23(3)11-13-24)18-6-4-5-7-21(18)27-20/h4-9,14,19H,10-13,15H2,1-3H3. The van der Waals surface area contributed by atoms with E-state index in [0.29, 0.717) is 4.90 Å². The number of rotatable bonds is 3. The highest BCUT2D eigenvalue weighted by Crippen LogP contribution is 2.43. The molecule has 0 spiro atoms. The van der Waals surface area contributed by atoms with Crippen molar-refractivity contribution in [3.63, 3.8) is 0 Å². The monoisotopic (exact) mass is 417 g/mol. The minimum atomic E-state index is -3.44. The van der Waals surface area contributed by atoms with Crippen LogP contribution in [0.25, 0.3) is 0 Å². The molecule has 0 amide bonds. The zero-order chi connectivity index (χ0) is 19.9. The van der Waals surface area contributed by atoms with Gasteiger partial charge in [-0.05, 0) is 48.9 Å². The molecule has 28 heavy (non-hydrogen) atoms. The molecule has 4 rings (SSSR count). The lowest BCUT2D eigenvalue weighted by Gasteiger charge is -2.38. The quantitative estimate of drug-likeness (QED) is 0.768. The first kappa shape index (κ1) is 19.9. The Morgan fingerprint density at radius 3 is 2.43 bits per heavy atom. The fraction of sp³-hybridized carbons (Fsp3) is 0.429. The first-order valence-electron chi connectivity index (χ1n) is 9.61. The first-order chi connectivity index (χ1) is 13.4. The number of hydrogen-bond acceptors (Lipinski definition) is 5. The van der Waals surface area contributed by atoms with Crippen molar-refractivity contribution in [3.8, 4) is 0 Å². The normalized spacial score (nSPS) is 21.2. The van der Waals surface area contributed by atoms with Crippen molar-refractivity contribution in [2.45, 2.75) is 27.1 Å². The third-order valence-corrected chi connectivity index (χ3v) is 8.72. The van der Waals surface area contributed by atoms with Gasteiger partial charge >= 0.3 is 0 Å². The topological polar surface area (TPSA) is 43.9 Å². The molecule has 150 valence electrons. The predicted octanol–water partition coefficient (Wildman–Crippen LogP) is 2.93. The van der Waals surface area contributed by atoms with E-state index in [-0.39, 0.29) is 6.04 Å². The Kier molecular flexibility index (Phi) is 5.55. The van der Waals surface area contributed by atoms with Crippen LogP contribution in [0.3, 0.4) is 0 Å². The van der Waals surface area contributed by atoms with Crippen LogP contribution in [0.5, 0.6) is 0 Å². The van der Waals surface area contributed by atoms with Crippen molar-refractivity contribution in [1.82, 2.24) is 14.1 Å². The molecule has 0 saturated carbocycles. The van der Waals surface area contributed by atoms with Crippen LogP contribution in [0.2, 0.25) is 0 Å². The number of hydrogen-bond donors (Lipinski definition) is 0. The summed E-state index contributed by atoms with van der Waals surface area (Å²) >= 11 is 1.75. The molecule has 0 bridgehead atoms. The van der Waals surface area contributed by atoms with Crippen LogP contribution in [0, 0.1) is 0 Å². The van der Waals surface area contributed by atoms with Crippen molar-refractivity contribution >= 4 is 21.8 Å². The zero-order valence-electron chi connectivity index (χ0n) is 16.6. The Balaban J connectivity index is 1.76. The number of sulfonamides is 1. The van der Waals surface area contributed by atoms with Crippen LogP contribution in [0.15, 0.2) is 57.2 Å². The molecule has 0 radical (unpaired) electrons. The number of nitrogens with zero attached hydrogens (tertiary/aromatic N) is 3. The SMILES string of the molecule is CN1CCN(C2Cc3cc(S(=O)(=O)N(C)C)ccc3Sc3ccccc32)CC1. The minimum absolute atomic E-state index is 0.274. The predicted molar refractivity (Wildman–Crippen MR) is 113 cm³/mol. The van der Waals surface area contributed by atoms with Gasteiger partial charge in [-0.3, -0.25) is 4.90 Å². The third-order valence-electron chi connectivity index (χ3n) is 5.70. The fourth-order valence-corrected chi connectivity index (χ4v) is 6.00. The maximum Gasteiger partial charge on any atom is 0.242 e. The first-order valence-corrected chi connectivity index (χ1v) is 11.9. The summed E-state index contributed by atoms with van der Waals surface area (Å²) in [5.74, 6) is 0. The Morgan fingerprint density at radius 2 is 1.71 bits per heavy atom. The van der Waals surface area contributed by atoms with E-state index < -0.39 is 10.0 Å². The molecule has 1 unspecified atom stereocenters. The molecule has 0 aromatic heterocycles. The Hall–Kier alpha value is -1.38. The maximum atomic E-state index is 12.6. The molecule has 0 N–H and O–H groups in total. The van der Waals surface area contributed by atoms with E-state index in [1.807, 2.05) is 12.1 Å². The molecule has 1 saturated heterocycles. The van der Waals surface area contributed by atoms with Gasteiger partial charge in [0.2, 0.25) is 10.0 Å². The highest BCUT2D eigenvalue weighted by Gasteiger charge is 2.30. The van der Waals surface area contributed by atoms with Crippen molar-refractivity contribution in [1.29, 1.82) is 0 Å². The van der Waals surface area contributed by atoms with Gasteiger partial charge in [-0.25, -0.2) is 12.7 Å². The lowest BCUT2D eigenvalue weighted by atomic mass is 9.96. The van der Waals surface area contributed by atoms with Gasteiger partial charge in [0.1, 0.15) is 0 Å². The van der Waals surface area contributed by atoms with Crippen LogP contribution < -0.4 is 0 Å². The van der Waals surface area contributed by atoms with Crippen LogP contribution in [-0.2, 0) is 16.4 Å². The summed E-state index contributed by atoms with van der Waals surface area (Å²) in [4.78, 5) is 7.72. The van der Waals surface area contributed by atoms with E-state index in [0.717, 1.165) is 43.1 Å². The molecule has 2 aliphatic rings. The molecule has 0 aliphatic carbocycles. The van der Waals surface area contributed by atoms with Crippen LogP contribution in [-0.4, -0.2) is 69.8 Å². The molecule has 5 nitrogen and oxygen atoms in total. The van der Waals surface area contributed by atoms with Gasteiger partial charge in [0, 0.05) is 56.1 Å². The van der Waals surface area contributed by atoms with Crippen LogP contribution in [0.1, 0.15) is 17.2 Å². The Morgan fingerprint density at radius 1 is 1.00 bits per heavy atom. The number of piperazine rings is 1. The smallest absolute Gasteiger partial charge is 0.242 e. The minimum Gasteiger partial charge on any atom is -0.304 e. The van der Waals surface area contributed by atoms with E-state index >= 15 is 0 Å². The second-order valence-electron chi connectivity index (χ2n) is 7.76. The van der Waals surface area contributed by atoms with E-state index in [9.17, 15) is 8.42 Å². The molecule has 1 atom stereocenters. The molecule has 2 heterocycles. The number of benzene rings is 2. The molecule has 2 aromatic carbocycles. The Bertz CT molecular complexity index is 967. The zero-order valence-corrected chi connectivity index (χ0v) is 18.3. The Labute approximate surface area is 172 Å². The summed E-state index contributed by atoms with van der Waals surface area (Å²) in [6.07, 6.45) is 0.833. The number of likely N-dealkylation sites (N-methyl/N-ethyl adjacent to an activating group) is 1. The lowest BCUT2D eigenvalue weighted by molar-refractivity contribution is 0.110. The second kappa shape index (κ2) is 7.80. The van der Waals surface area contributed by atoms with Gasteiger partial charge in [-0.15, -0.1) is 0 Å². The van der Waals surface area contributed by atoms with Gasteiger partial charge in [-0.1, -0.05) is 30.0 Å². The second-order valence-corrected chi connectivity index (χ2v) is 11.0. The average molecular weight is 418 g/mol. The van der Waals surface area contributed by atoms with Crippen LogP contribution >= 0.6 is 11.8 Å². The summed E-state index contributed by atoms with van der Waals surface area (Å²) in [5, 5.41) is 0. The maximum absolute atomic E-state index is 12.6. The molecular formula is C21H27N3O2S2. The van der Waals surface area contributed by atoms with Crippen molar-refractivity contribution in [2.75, 3.05) is 47.3 Å². The van der Waals surface area contributed by atoms with E-state index in [1.165, 1.54) is 14.8 Å². The molecule has 2 aliphatic heterocycles. The van der Waals surface area contributed by atoms with E-state index in [2.05, 4.69) is 41.1 Å². The van der Waals surface area contributed by atoms with Gasteiger partial charge < -0.3 is 4.90 Å². The average Bonchev–Trinajstić information content (AvgIpc) is 2.84. The molecule has 7 heteroatoms. The summed E-state index contributed by atoms with van der Waals surface area (Å²) in [7, 11) is 1.90. The lowest BCUT2D eigenvalue weighted by Crippen LogP contribution is -2.46. The highest BCUT2D eigenvalue weighted by molar-refractivity contribution is 7.99. The van der Waals surface area contributed by atoms with Gasteiger partial charge in [-0.2, -0.15) is 0 Å². The van der Waals surface area contributed by atoms with Crippen molar-refractivity contribution in [3.05, 3.63) is 53.6 Å². The van der Waals surface area contributed by atoms with E-state index in [4.69, 9.17) is 0 Å². The van der Waals surface area contributed by atoms with Gasteiger partial charge in [0.15, 0.2) is 0 Å². The summed E-state index contributed by atoms with van der Waals surface area (Å²) in [6, 6.07) is 14.5. The molecule has 2 aromatic rings. The van der Waals surface area contributed by atoms with Crippen LogP contribution in [0.4, 0.5) is 0 Å². The van der Waals surface area contributed by atoms with Gasteiger partial charge in [0.05, 0.1) is 4.90 Å². The third kappa shape index (κ3) is 3.74. The van der Waals surface area contributed by atoms with Crippen molar-refractivity contribution < 1.29 is 8.42 Å². The summed E-state index contributed by atoms with van der Waals surface area (Å²) in [5.41, 5.74) is 2.47. The highest BCUT2D eigenvalue weighted by atomic mass is 32.2. The fourth-order valence-electron chi connectivity index (χ4n) is 3.93.